The van der Waals surface area contributed by atoms with E-state index < -0.39 is 417 Å². The minimum Gasteiger partial charge on any atom is -0.481 e. The number of aliphatic carboxylic acids is 7. The molecule has 0 heterocycles. The first-order valence-electron chi connectivity index (χ1n) is 38.9. The Kier molecular flexibility index (Phi) is 54.2. The SMILES string of the molecule is NC(=O)C[C@H](NC(=O)[C@H](CO)NC(=O)[C@H](CC(=O)O)NC(=O)[C@H](CO)NC(=O)CNC(=O)[C@H](CO)NC(=O)CNC(=O)[C@H](CC(=O)O)NC(=O)[C@H](CC(N)=O)NC(=O)[C@H](CO)NC(=O)[C@H](CC(=O)O)NC(=O)[C@H](CO)NC(=O)[C@H](CC(=O)O)NC(=O)[C@H](CC(N)=O)NC(=O)[C@H](CO)NC(=O)[C@H](CC(=O)O)NC(=O)[C@@H](N)CO)C(=O)N[C@@H](CC(=O)O)C(=O)NCC(=O)N[C@@H](CO)C(=O)NCC(=O)O. The van der Waals surface area contributed by atoms with E-state index in [0.717, 1.165) is 0 Å². The first kappa shape index (κ1) is 121. The molecule has 0 aliphatic carbocycles. The number of rotatable bonds is 67. The van der Waals surface area contributed by atoms with Crippen LogP contribution >= 0.6 is 0 Å². The lowest BCUT2D eigenvalue weighted by Gasteiger charge is -2.26. The maximum atomic E-state index is 13.6. The van der Waals surface area contributed by atoms with Gasteiger partial charge in [0, 0.05) is 0 Å². The molecule has 43 N–H and O–H groups in total. The number of aliphatic hydroxyl groups is 8. The van der Waals surface area contributed by atoms with Crippen molar-refractivity contribution in [3.63, 3.8) is 0 Å². The van der Waals surface area contributed by atoms with Crippen molar-refractivity contribution in [2.24, 2.45) is 22.9 Å². The highest BCUT2D eigenvalue weighted by Gasteiger charge is 2.41. The Balaban J connectivity index is 6.34. The summed E-state index contributed by atoms with van der Waals surface area (Å²) in [6.45, 7) is -15.4. The lowest BCUT2D eigenvalue weighted by molar-refractivity contribution is -0.143. The minimum absolute atomic E-state index is 0.941. The number of hydrogen-bond acceptors (Lipinski definition) is 39. The van der Waals surface area contributed by atoms with Crippen molar-refractivity contribution in [1.29, 1.82) is 0 Å². The van der Waals surface area contributed by atoms with Crippen LogP contribution < -0.4 is 129 Å². The average Bonchev–Trinajstić information content (AvgIpc) is 0.879. The summed E-state index contributed by atoms with van der Waals surface area (Å²) < 4.78 is 0. The van der Waals surface area contributed by atoms with Gasteiger partial charge in [-0.25, -0.2) is 0 Å². The van der Waals surface area contributed by atoms with E-state index in [4.69, 9.17) is 33.1 Å². The van der Waals surface area contributed by atoms with Gasteiger partial charge in [-0.2, -0.15) is 0 Å². The van der Waals surface area contributed by atoms with Crippen LogP contribution in [0.5, 0.6) is 0 Å². The second-order valence-electron chi connectivity index (χ2n) is 28.1. The Labute approximate surface area is 764 Å². The van der Waals surface area contributed by atoms with Crippen molar-refractivity contribution in [2.75, 3.05) is 79.0 Å². The molecule has 0 bridgehead atoms. The quantitative estimate of drug-likeness (QED) is 0.0269. The number of carbonyl (C=O) groups excluding carboxylic acids is 23. The Hall–Kier alpha value is -16.3. The van der Waals surface area contributed by atoms with Gasteiger partial charge in [-0.3, -0.25) is 144 Å². The summed E-state index contributed by atoms with van der Waals surface area (Å²) in [6.07, 6.45) is -12.0. The van der Waals surface area contributed by atoms with E-state index in [1.54, 1.807) is 42.5 Å². The monoisotopic (exact) mass is 1970 g/mol. The molecule has 0 unspecified atom stereocenters. The van der Waals surface area contributed by atoms with Gasteiger partial charge in [0.15, 0.2) is 0 Å². The van der Waals surface area contributed by atoms with Gasteiger partial charge in [0.2, 0.25) is 136 Å². The molecule has 17 atom stereocenters. The highest BCUT2D eigenvalue weighted by molar-refractivity contribution is 6.05. The summed E-state index contributed by atoms with van der Waals surface area (Å²) in [5.74, 6) is -48.0. The van der Waals surface area contributed by atoms with Gasteiger partial charge >= 0.3 is 41.8 Å². The lowest BCUT2D eigenvalue weighted by atomic mass is 10.1. The van der Waals surface area contributed by atoms with Crippen LogP contribution in [0, 0.1) is 0 Å². The number of nitrogens with one attached hydrogen (secondary N) is 20. The van der Waals surface area contributed by atoms with Crippen LogP contribution in [0.4, 0.5) is 0 Å². The first-order valence-corrected chi connectivity index (χ1v) is 38.9. The highest BCUT2D eigenvalue weighted by Crippen LogP contribution is 2.09. The molecule has 0 spiro atoms. The molecule has 69 heteroatoms. The maximum absolute atomic E-state index is 13.6. The number of hydrogen-bond donors (Lipinski definition) is 39. The largest absolute Gasteiger partial charge is 0.481 e. The first-order chi connectivity index (χ1) is 63.9. The van der Waals surface area contributed by atoms with E-state index in [1.807, 2.05) is 63.8 Å². The van der Waals surface area contributed by atoms with Crippen molar-refractivity contribution < 1.29 is 220 Å². The van der Waals surface area contributed by atoms with E-state index in [1.165, 1.54) is 0 Å². The number of aliphatic hydroxyl groups excluding tert-OH is 8. The molecule has 0 aliphatic rings. The number of carboxylic acid groups (broad SMARTS) is 7. The molecule has 0 aromatic heterocycles. The second kappa shape index (κ2) is 61.5. The Morgan fingerprint density at radius 2 is 0.307 bits per heavy atom. The zero-order valence-electron chi connectivity index (χ0n) is 70.9. The molecular weight excluding hydrogens is 1870 g/mol. The normalized spacial score (nSPS) is 14.4. The Morgan fingerprint density at radius 3 is 0.474 bits per heavy atom. The molecule has 0 radical (unpaired) electrons. The van der Waals surface area contributed by atoms with Gasteiger partial charge in [-0.05, 0) is 0 Å². The maximum Gasteiger partial charge on any atom is 0.322 e. The summed E-state index contributed by atoms with van der Waals surface area (Å²) in [7, 11) is 0. The van der Waals surface area contributed by atoms with E-state index in [0.29, 0.717) is 0 Å². The molecule has 0 saturated carbocycles. The Bertz CT molecular complexity index is 4480. The number of carboxylic acids is 7. The summed E-state index contributed by atoms with van der Waals surface area (Å²) >= 11 is 0. The molecule has 0 aliphatic heterocycles. The standard InChI is InChI=1S/C68H102N24O45/c69-22(14-93)52(121)80-28(6-47(111)112)60(129)89-35(18-97)65(134)83-25(3-41(72)103)59(128)86-29(7-48(113)114)61(130)92-38(21-100)68(137)88-31(9-50(117)118)63(132)91-37(20-99)67(136)82-24(2-40(71)102)58(127)84-26(4-45(107)108)53(122)73-10-42(104)77-32(15-94)55(124)75-12-44(106)79-34(17-96)64(133)87-30(8-49(115)116)62(131)90-36(19-98)66(135)81-23(1-39(70)101)57(126)85-27(5-46(109)110)54(123)74-11-43(105)78-33(16-95)56(125)76-13-51(119)120/h22-38,93-100H,1-21,69H2,(H2,70,101)(H2,71,102)(H2,72,103)(H,73,122)(H,74,123)(H,75,124)(H,76,125)(H,77,104)(H,78,105)(H,79,106)(H,80,121)(H,81,135)(H,82,136)(H,83,134)(H,84,127)(H,85,126)(H,86,128)(H,87,133)(H,88,137)(H,89,129)(H,90,131)(H,91,132)(H,92,130)(H,107,108)(H,109,110)(H,111,112)(H,113,114)(H,115,116)(H,117,118)(H,119,120)/t22-,23-,24-,25-,26-,27-,28-,29-,30-,31-,32-,33-,34-,35-,36-,37-,38-/m0/s1. The van der Waals surface area contributed by atoms with Crippen molar-refractivity contribution in [2.45, 2.75) is 160 Å². The predicted octanol–water partition coefficient (Wildman–Crippen LogP) is -27.0. The van der Waals surface area contributed by atoms with Crippen molar-refractivity contribution in [3.05, 3.63) is 0 Å². The van der Waals surface area contributed by atoms with Gasteiger partial charge < -0.3 is 206 Å². The van der Waals surface area contributed by atoms with Crippen LogP contribution in [0.2, 0.25) is 0 Å². The van der Waals surface area contributed by atoms with E-state index in [2.05, 4.69) is 0 Å². The van der Waals surface area contributed by atoms with Crippen LogP contribution in [0.25, 0.3) is 0 Å². The molecular formula is C68H102N24O45. The van der Waals surface area contributed by atoms with Crippen molar-refractivity contribution >= 4 is 178 Å². The van der Waals surface area contributed by atoms with Crippen LogP contribution in [0.3, 0.4) is 0 Å². The zero-order valence-corrected chi connectivity index (χ0v) is 70.9. The van der Waals surface area contributed by atoms with Crippen LogP contribution in [-0.4, -0.2) is 436 Å². The van der Waals surface area contributed by atoms with Crippen LogP contribution in [0.1, 0.15) is 57.8 Å². The number of primary amides is 3. The molecule has 0 rings (SSSR count). The fourth-order valence-corrected chi connectivity index (χ4v) is 10.4. The number of amides is 23. The molecule has 137 heavy (non-hydrogen) atoms. The van der Waals surface area contributed by atoms with Crippen molar-refractivity contribution in [3.8, 4) is 0 Å². The van der Waals surface area contributed by atoms with Crippen LogP contribution in [0.15, 0.2) is 0 Å². The average molecular weight is 1980 g/mol. The lowest BCUT2D eigenvalue weighted by Crippen LogP contribution is -2.62. The fourth-order valence-electron chi connectivity index (χ4n) is 10.4. The van der Waals surface area contributed by atoms with E-state index in [9.17, 15) is 210 Å². The molecule has 764 valence electrons. The van der Waals surface area contributed by atoms with Crippen molar-refractivity contribution in [1.82, 2.24) is 106 Å². The third-order valence-corrected chi connectivity index (χ3v) is 17.2. The minimum atomic E-state index is -2.46. The number of nitrogens with two attached hydrogens (primary N) is 4. The second-order valence-corrected chi connectivity index (χ2v) is 28.1. The zero-order chi connectivity index (χ0) is 105. The van der Waals surface area contributed by atoms with E-state index >= 15 is 0 Å². The third kappa shape index (κ3) is 47.1. The molecule has 0 aromatic rings. The van der Waals surface area contributed by atoms with E-state index in [-0.39, 0.29) is 0 Å². The topological polar surface area (TPSA) is 1160 Å². The summed E-state index contributed by atoms with van der Waals surface area (Å²) in [5, 5.41) is 181. The number of carbonyl (C=O) groups is 30. The fraction of sp³-hybridized carbons (Fsp3) is 0.559. The molecule has 0 saturated heterocycles. The predicted molar refractivity (Wildman–Crippen MR) is 430 cm³/mol. The molecule has 0 fully saturated rings. The highest BCUT2D eigenvalue weighted by atomic mass is 16.4. The van der Waals surface area contributed by atoms with Gasteiger partial charge in [0.25, 0.3) is 0 Å². The summed E-state index contributed by atoms with van der Waals surface area (Å²) in [5.41, 5.74) is 21.0. The Morgan fingerprint density at radius 1 is 0.168 bits per heavy atom. The van der Waals surface area contributed by atoms with Gasteiger partial charge in [0.05, 0.1) is 130 Å². The third-order valence-electron chi connectivity index (χ3n) is 17.2. The van der Waals surface area contributed by atoms with Crippen LogP contribution in [-0.2, 0) is 144 Å². The summed E-state index contributed by atoms with van der Waals surface area (Å²) in [4.78, 5) is 381. The molecule has 0 aromatic carbocycles. The van der Waals surface area contributed by atoms with Gasteiger partial charge in [-0.15, -0.1) is 0 Å². The van der Waals surface area contributed by atoms with Gasteiger partial charge in [0.1, 0.15) is 109 Å². The van der Waals surface area contributed by atoms with Gasteiger partial charge in [-0.1, -0.05) is 0 Å². The smallest absolute Gasteiger partial charge is 0.322 e. The summed E-state index contributed by atoms with van der Waals surface area (Å²) in [6, 6.07) is -37.7. The molecule has 69 nitrogen and oxygen atoms in total. The molecule has 23 amide bonds.